The number of nitrogens with one attached hydrogen (secondary N) is 1. The lowest BCUT2D eigenvalue weighted by molar-refractivity contribution is 0.0324. The van der Waals surface area contributed by atoms with Crippen LogP contribution in [0.4, 0.5) is 4.79 Å². The third-order valence-corrected chi connectivity index (χ3v) is 5.10. The molecule has 1 aromatic carbocycles. The van der Waals surface area contributed by atoms with Crippen LogP contribution in [0.5, 0.6) is 10.8 Å². The number of ether oxygens (including phenoxy) is 2. The Kier molecular flexibility index (Phi) is 5.23. The van der Waals surface area contributed by atoms with Gasteiger partial charge >= 0.3 is 12.1 Å². The van der Waals surface area contributed by atoms with Gasteiger partial charge in [0.25, 0.3) is 0 Å². The van der Waals surface area contributed by atoms with Crippen molar-refractivity contribution in [3.8, 4) is 21.9 Å². The molecule has 25 heavy (non-hydrogen) atoms. The minimum absolute atomic E-state index is 0.0309. The highest BCUT2D eigenvalue weighted by molar-refractivity contribution is 7.16. The van der Waals surface area contributed by atoms with Gasteiger partial charge in [-0.1, -0.05) is 41.7 Å². The average Bonchev–Trinajstić information content (AvgIpc) is 3.24. The summed E-state index contributed by atoms with van der Waals surface area (Å²) in [5, 5.41) is 12.8. The van der Waals surface area contributed by atoms with Crippen molar-refractivity contribution in [1.82, 2.24) is 5.32 Å². The first-order valence-electron chi connectivity index (χ1n) is 8.12. The van der Waals surface area contributed by atoms with E-state index in [2.05, 4.69) is 5.32 Å². The summed E-state index contributed by atoms with van der Waals surface area (Å²) in [7, 11) is 1.42. The molecule has 0 bridgehead atoms. The maximum Gasteiger partial charge on any atom is 0.413 e. The SMILES string of the molecule is CNC(=O)Oc1sc(C(=O)OC2CCCC2)c(-c2ccccc2)c1O. The van der Waals surface area contributed by atoms with Gasteiger partial charge in [0.05, 0.1) is 5.56 Å². The Morgan fingerprint density at radius 2 is 1.88 bits per heavy atom. The van der Waals surface area contributed by atoms with Gasteiger partial charge in [0.1, 0.15) is 11.0 Å². The van der Waals surface area contributed by atoms with Gasteiger partial charge in [0.15, 0.2) is 5.75 Å². The third kappa shape index (κ3) is 3.76. The smallest absolute Gasteiger partial charge is 0.413 e. The number of aromatic hydroxyl groups is 1. The number of carbonyl (C=O) groups is 2. The van der Waals surface area contributed by atoms with Crippen molar-refractivity contribution in [2.75, 3.05) is 7.05 Å². The Morgan fingerprint density at radius 3 is 2.52 bits per heavy atom. The second-order valence-corrected chi connectivity index (χ2v) is 6.74. The molecule has 0 spiro atoms. The van der Waals surface area contributed by atoms with E-state index in [-0.39, 0.29) is 21.8 Å². The fraction of sp³-hybridized carbons (Fsp3) is 0.333. The summed E-state index contributed by atoms with van der Waals surface area (Å²) in [6, 6.07) is 9.00. The van der Waals surface area contributed by atoms with Crippen molar-refractivity contribution in [2.24, 2.45) is 0 Å². The largest absolute Gasteiger partial charge is 0.503 e. The zero-order valence-electron chi connectivity index (χ0n) is 13.8. The highest BCUT2D eigenvalue weighted by Crippen LogP contribution is 2.47. The van der Waals surface area contributed by atoms with Crippen LogP contribution in [0.1, 0.15) is 35.4 Å². The summed E-state index contributed by atoms with van der Waals surface area (Å²) in [4.78, 5) is 24.4. The second-order valence-electron chi connectivity index (χ2n) is 5.76. The normalized spacial score (nSPS) is 14.3. The number of benzene rings is 1. The highest BCUT2D eigenvalue weighted by Gasteiger charge is 2.29. The Balaban J connectivity index is 1.98. The molecule has 1 aliphatic rings. The quantitative estimate of drug-likeness (QED) is 0.806. The fourth-order valence-corrected chi connectivity index (χ4v) is 3.78. The summed E-state index contributed by atoms with van der Waals surface area (Å²) >= 11 is 0.909. The number of hydrogen-bond donors (Lipinski definition) is 2. The lowest BCUT2D eigenvalue weighted by Gasteiger charge is -2.11. The van der Waals surface area contributed by atoms with Gasteiger partial charge < -0.3 is 19.9 Å². The molecule has 1 heterocycles. The Bertz CT molecular complexity index is 765. The fourth-order valence-electron chi connectivity index (χ4n) is 2.83. The first-order chi connectivity index (χ1) is 12.1. The molecular formula is C18H19NO5S. The van der Waals surface area contributed by atoms with Crippen molar-refractivity contribution in [3.05, 3.63) is 35.2 Å². The minimum atomic E-state index is -0.716. The topological polar surface area (TPSA) is 84.9 Å². The van der Waals surface area contributed by atoms with E-state index in [0.717, 1.165) is 37.0 Å². The molecule has 1 aliphatic carbocycles. The molecule has 7 heteroatoms. The molecule has 1 fully saturated rings. The molecule has 3 rings (SSSR count). The van der Waals surface area contributed by atoms with Crippen molar-refractivity contribution in [2.45, 2.75) is 31.8 Å². The number of hydrogen-bond acceptors (Lipinski definition) is 6. The molecule has 1 saturated carbocycles. The van der Waals surface area contributed by atoms with E-state index in [1.807, 2.05) is 6.07 Å². The van der Waals surface area contributed by atoms with Crippen molar-refractivity contribution in [1.29, 1.82) is 0 Å². The molecule has 0 radical (unpaired) electrons. The summed E-state index contributed by atoms with van der Waals surface area (Å²) in [5.41, 5.74) is 0.980. The summed E-state index contributed by atoms with van der Waals surface area (Å²) in [6.45, 7) is 0. The lowest BCUT2D eigenvalue weighted by Crippen LogP contribution is -2.21. The summed E-state index contributed by atoms with van der Waals surface area (Å²) in [6.07, 6.45) is 2.99. The molecular weight excluding hydrogens is 342 g/mol. The number of thiophene rings is 1. The van der Waals surface area contributed by atoms with Crippen molar-refractivity contribution in [3.63, 3.8) is 0 Å². The average molecular weight is 361 g/mol. The molecule has 0 aliphatic heterocycles. The van der Waals surface area contributed by atoms with E-state index >= 15 is 0 Å². The second kappa shape index (κ2) is 7.57. The third-order valence-electron chi connectivity index (χ3n) is 4.07. The molecule has 2 N–H and O–H groups in total. The molecule has 0 saturated heterocycles. The van der Waals surface area contributed by atoms with Gasteiger partial charge in [0, 0.05) is 7.05 Å². The lowest BCUT2D eigenvalue weighted by atomic mass is 10.1. The molecule has 132 valence electrons. The van der Waals surface area contributed by atoms with Gasteiger partial charge in [-0.15, -0.1) is 0 Å². The molecule has 2 aromatic rings. The number of esters is 1. The maximum atomic E-state index is 12.6. The maximum absolute atomic E-state index is 12.6. The summed E-state index contributed by atoms with van der Waals surface area (Å²) in [5.74, 6) is -0.740. The molecule has 6 nitrogen and oxygen atoms in total. The van der Waals surface area contributed by atoms with Crippen LogP contribution in [-0.2, 0) is 4.74 Å². The Labute approximate surface area is 149 Å². The van der Waals surface area contributed by atoms with Crippen LogP contribution in [0, 0.1) is 0 Å². The number of amides is 1. The van der Waals surface area contributed by atoms with Gasteiger partial charge in [-0.05, 0) is 31.2 Å². The van der Waals surface area contributed by atoms with Crippen LogP contribution in [-0.4, -0.2) is 30.3 Å². The van der Waals surface area contributed by atoms with Crippen LogP contribution in [0.25, 0.3) is 11.1 Å². The van der Waals surface area contributed by atoms with Crippen LogP contribution >= 0.6 is 11.3 Å². The standard InChI is InChI=1S/C18H19NO5S/c1-19-18(22)24-17-14(20)13(11-7-3-2-4-8-11)15(25-17)16(21)23-12-9-5-6-10-12/h2-4,7-8,12,20H,5-6,9-10H2,1H3,(H,19,22). The van der Waals surface area contributed by atoms with Gasteiger partial charge in [0.2, 0.25) is 5.06 Å². The van der Waals surface area contributed by atoms with Crippen LogP contribution in [0.3, 0.4) is 0 Å². The van der Waals surface area contributed by atoms with Crippen molar-refractivity contribution < 1.29 is 24.2 Å². The van der Waals surface area contributed by atoms with E-state index in [4.69, 9.17) is 9.47 Å². The summed E-state index contributed by atoms with van der Waals surface area (Å²) < 4.78 is 10.6. The van der Waals surface area contributed by atoms with E-state index in [1.54, 1.807) is 24.3 Å². The zero-order valence-corrected chi connectivity index (χ0v) is 14.6. The first kappa shape index (κ1) is 17.3. The van der Waals surface area contributed by atoms with Crippen LogP contribution in [0.2, 0.25) is 0 Å². The Morgan fingerprint density at radius 1 is 1.20 bits per heavy atom. The molecule has 0 atom stereocenters. The highest BCUT2D eigenvalue weighted by atomic mass is 32.1. The van der Waals surface area contributed by atoms with E-state index in [1.165, 1.54) is 7.05 Å². The van der Waals surface area contributed by atoms with Gasteiger partial charge in [-0.3, -0.25) is 0 Å². The van der Waals surface area contributed by atoms with E-state index in [9.17, 15) is 14.7 Å². The van der Waals surface area contributed by atoms with Gasteiger partial charge in [-0.2, -0.15) is 0 Å². The monoisotopic (exact) mass is 361 g/mol. The number of carbonyl (C=O) groups excluding carboxylic acids is 2. The van der Waals surface area contributed by atoms with E-state index < -0.39 is 12.1 Å². The van der Waals surface area contributed by atoms with Gasteiger partial charge in [-0.25, -0.2) is 9.59 Å². The molecule has 0 unspecified atom stereocenters. The predicted molar refractivity (Wildman–Crippen MR) is 94.2 cm³/mol. The first-order valence-corrected chi connectivity index (χ1v) is 8.93. The molecule has 1 amide bonds. The van der Waals surface area contributed by atoms with Crippen LogP contribution < -0.4 is 10.1 Å². The number of rotatable bonds is 4. The molecule has 1 aromatic heterocycles. The minimum Gasteiger partial charge on any atom is -0.503 e. The van der Waals surface area contributed by atoms with E-state index in [0.29, 0.717) is 11.1 Å². The Hall–Kier alpha value is -2.54. The zero-order chi connectivity index (χ0) is 17.8. The van der Waals surface area contributed by atoms with Crippen LogP contribution in [0.15, 0.2) is 30.3 Å². The predicted octanol–water partition coefficient (Wildman–Crippen LogP) is 3.94. The van der Waals surface area contributed by atoms with Crippen molar-refractivity contribution >= 4 is 23.4 Å².